The first-order valence-electron chi connectivity index (χ1n) is 8.07. The monoisotopic (exact) mass is 514 g/mol. The number of aliphatic imine (C=N–C) groups is 1. The van der Waals surface area contributed by atoms with E-state index < -0.39 is 6.61 Å². The molecule has 0 atom stereocenters. The summed E-state index contributed by atoms with van der Waals surface area (Å²) in [6.45, 7) is 3.80. The second kappa shape index (κ2) is 11.3. The van der Waals surface area contributed by atoms with Crippen LogP contribution in [0.2, 0.25) is 5.02 Å². The first kappa shape index (κ1) is 23.4. The summed E-state index contributed by atoms with van der Waals surface area (Å²) in [5.41, 5.74) is 1.29. The lowest BCUT2D eigenvalue weighted by Gasteiger charge is -2.12. The summed E-state index contributed by atoms with van der Waals surface area (Å²) in [7, 11) is 0. The summed E-state index contributed by atoms with van der Waals surface area (Å²) in [5, 5.41) is 6.57. The van der Waals surface area contributed by atoms with Gasteiger partial charge in [-0.2, -0.15) is 8.78 Å². The molecular formula is C17H22ClF2IN4O2. The Balaban J connectivity index is 0.00000364. The minimum absolute atomic E-state index is 0. The number of halogens is 4. The van der Waals surface area contributed by atoms with Crippen molar-refractivity contribution in [2.75, 3.05) is 6.54 Å². The lowest BCUT2D eigenvalue weighted by Crippen LogP contribution is -2.36. The van der Waals surface area contributed by atoms with Gasteiger partial charge in [0.1, 0.15) is 11.5 Å². The van der Waals surface area contributed by atoms with Crippen LogP contribution in [0.3, 0.4) is 0 Å². The molecule has 0 radical (unpaired) electrons. The van der Waals surface area contributed by atoms with E-state index in [1.807, 2.05) is 20.8 Å². The fraction of sp³-hybridized carbons (Fsp3) is 0.412. The van der Waals surface area contributed by atoms with Gasteiger partial charge in [0.25, 0.3) is 0 Å². The number of ether oxygens (including phenoxy) is 1. The van der Waals surface area contributed by atoms with Gasteiger partial charge in [-0.05, 0) is 39.0 Å². The van der Waals surface area contributed by atoms with Crippen molar-refractivity contribution in [1.29, 1.82) is 0 Å². The molecule has 27 heavy (non-hydrogen) atoms. The van der Waals surface area contributed by atoms with Crippen LogP contribution in [0, 0.1) is 13.8 Å². The molecule has 0 aliphatic carbocycles. The standard InChI is InChI=1S/C17H21ClF2N4O2.HI/c1-4-21-17(23-9-15-24-10(2)11(3)25-15)22-8-12-7-13(18)5-6-14(12)26-16(19)20;/h5-7,16H,4,8-9H2,1-3H3,(H2,21,22,23);1H. The van der Waals surface area contributed by atoms with E-state index in [1.54, 1.807) is 6.07 Å². The van der Waals surface area contributed by atoms with Crippen LogP contribution < -0.4 is 15.4 Å². The normalized spacial score (nSPS) is 11.3. The first-order chi connectivity index (χ1) is 12.4. The van der Waals surface area contributed by atoms with E-state index in [0.29, 0.717) is 35.5 Å². The highest BCUT2D eigenvalue weighted by Gasteiger charge is 2.11. The minimum atomic E-state index is -2.92. The second-order valence-electron chi connectivity index (χ2n) is 5.43. The Morgan fingerprint density at radius 2 is 2.07 bits per heavy atom. The molecule has 1 heterocycles. The van der Waals surface area contributed by atoms with Gasteiger partial charge < -0.3 is 19.8 Å². The Hall–Kier alpha value is -1.62. The molecule has 6 nitrogen and oxygen atoms in total. The number of aryl methyl sites for hydroxylation is 2. The number of alkyl halides is 2. The summed E-state index contributed by atoms with van der Waals surface area (Å²) in [5.74, 6) is 1.83. The summed E-state index contributed by atoms with van der Waals surface area (Å²) in [6.07, 6.45) is 0. The van der Waals surface area contributed by atoms with E-state index in [9.17, 15) is 8.78 Å². The van der Waals surface area contributed by atoms with Crippen molar-refractivity contribution >= 4 is 41.5 Å². The molecule has 0 unspecified atom stereocenters. The van der Waals surface area contributed by atoms with E-state index in [4.69, 9.17) is 16.0 Å². The molecule has 0 saturated carbocycles. The maximum Gasteiger partial charge on any atom is 0.387 e. The van der Waals surface area contributed by atoms with Crippen molar-refractivity contribution in [2.45, 2.75) is 40.5 Å². The molecule has 2 rings (SSSR count). The van der Waals surface area contributed by atoms with Crippen molar-refractivity contribution < 1.29 is 17.9 Å². The van der Waals surface area contributed by atoms with Crippen LogP contribution in [0.4, 0.5) is 8.78 Å². The van der Waals surface area contributed by atoms with Gasteiger partial charge in [-0.25, -0.2) is 9.98 Å². The Kier molecular flexibility index (Phi) is 9.78. The van der Waals surface area contributed by atoms with Gasteiger partial charge in [0.05, 0.1) is 18.8 Å². The predicted molar refractivity (Wildman–Crippen MR) is 111 cm³/mol. The quantitative estimate of drug-likeness (QED) is 0.325. The summed E-state index contributed by atoms with van der Waals surface area (Å²) in [4.78, 5) is 8.66. The number of nitrogens with one attached hydrogen (secondary N) is 2. The molecular weight excluding hydrogens is 493 g/mol. The fourth-order valence-electron chi connectivity index (χ4n) is 2.16. The van der Waals surface area contributed by atoms with Crippen LogP contribution in [0.15, 0.2) is 27.6 Å². The number of hydrogen-bond acceptors (Lipinski definition) is 4. The van der Waals surface area contributed by atoms with Gasteiger partial charge in [0.2, 0.25) is 5.89 Å². The number of benzene rings is 1. The van der Waals surface area contributed by atoms with Crippen molar-refractivity contribution in [3.63, 3.8) is 0 Å². The van der Waals surface area contributed by atoms with Crippen LogP contribution in [-0.2, 0) is 13.1 Å². The van der Waals surface area contributed by atoms with E-state index in [2.05, 4.69) is 25.3 Å². The third-order valence-corrected chi connectivity index (χ3v) is 3.71. The van der Waals surface area contributed by atoms with E-state index in [0.717, 1.165) is 11.5 Å². The third kappa shape index (κ3) is 7.49. The van der Waals surface area contributed by atoms with E-state index >= 15 is 0 Å². The SMILES string of the molecule is CCNC(=NCc1cc(Cl)ccc1OC(F)F)NCc1nc(C)c(C)o1.I. The van der Waals surface area contributed by atoms with Gasteiger partial charge in [0.15, 0.2) is 5.96 Å². The molecule has 1 aromatic heterocycles. The molecule has 0 saturated heterocycles. The molecule has 1 aromatic carbocycles. The Morgan fingerprint density at radius 3 is 2.67 bits per heavy atom. The predicted octanol–water partition coefficient (Wildman–Crippen LogP) is 4.42. The number of aromatic nitrogens is 1. The summed E-state index contributed by atoms with van der Waals surface area (Å²) in [6, 6.07) is 4.44. The van der Waals surface area contributed by atoms with Gasteiger partial charge >= 0.3 is 6.61 Å². The second-order valence-corrected chi connectivity index (χ2v) is 5.86. The molecule has 2 aromatic rings. The maximum atomic E-state index is 12.5. The summed E-state index contributed by atoms with van der Waals surface area (Å²) < 4.78 is 35.1. The maximum absolute atomic E-state index is 12.5. The highest BCUT2D eigenvalue weighted by atomic mass is 127. The zero-order valence-corrected chi connectivity index (χ0v) is 18.3. The molecule has 0 fully saturated rings. The van der Waals surface area contributed by atoms with Crippen LogP contribution in [0.25, 0.3) is 0 Å². The number of nitrogens with zero attached hydrogens (tertiary/aromatic N) is 2. The number of oxazole rings is 1. The van der Waals surface area contributed by atoms with Crippen LogP contribution in [0.5, 0.6) is 5.75 Å². The molecule has 0 aliphatic rings. The van der Waals surface area contributed by atoms with Crippen molar-refractivity contribution in [3.05, 3.63) is 46.1 Å². The topological polar surface area (TPSA) is 71.7 Å². The Labute approximate surface area is 178 Å². The molecule has 150 valence electrons. The van der Waals surface area contributed by atoms with Gasteiger partial charge in [0, 0.05) is 17.1 Å². The van der Waals surface area contributed by atoms with Gasteiger partial charge in [-0.1, -0.05) is 11.6 Å². The molecule has 0 amide bonds. The molecule has 2 N–H and O–H groups in total. The van der Waals surface area contributed by atoms with Crippen molar-refractivity contribution in [1.82, 2.24) is 15.6 Å². The average molecular weight is 515 g/mol. The van der Waals surface area contributed by atoms with Crippen LogP contribution in [-0.4, -0.2) is 24.1 Å². The van der Waals surface area contributed by atoms with Gasteiger partial charge in [-0.15, -0.1) is 24.0 Å². The molecule has 0 spiro atoms. The number of guanidine groups is 1. The third-order valence-electron chi connectivity index (χ3n) is 3.47. The lowest BCUT2D eigenvalue weighted by molar-refractivity contribution is -0.0504. The highest BCUT2D eigenvalue weighted by Crippen LogP contribution is 2.25. The Morgan fingerprint density at radius 1 is 1.33 bits per heavy atom. The fourth-order valence-corrected chi connectivity index (χ4v) is 2.36. The number of rotatable bonds is 7. The number of hydrogen-bond donors (Lipinski definition) is 2. The average Bonchev–Trinajstić information content (AvgIpc) is 2.90. The van der Waals surface area contributed by atoms with Crippen LogP contribution >= 0.6 is 35.6 Å². The van der Waals surface area contributed by atoms with Crippen molar-refractivity contribution in [2.24, 2.45) is 4.99 Å². The van der Waals surface area contributed by atoms with Crippen molar-refractivity contribution in [3.8, 4) is 5.75 Å². The smallest absolute Gasteiger partial charge is 0.387 e. The lowest BCUT2D eigenvalue weighted by atomic mass is 10.2. The largest absolute Gasteiger partial charge is 0.444 e. The van der Waals surface area contributed by atoms with E-state index in [1.165, 1.54) is 12.1 Å². The molecule has 0 bridgehead atoms. The van der Waals surface area contributed by atoms with Gasteiger partial charge in [-0.3, -0.25) is 0 Å². The highest BCUT2D eigenvalue weighted by molar-refractivity contribution is 14.0. The zero-order chi connectivity index (χ0) is 19.1. The molecule has 10 heteroatoms. The molecule has 0 aliphatic heterocycles. The first-order valence-corrected chi connectivity index (χ1v) is 8.45. The summed E-state index contributed by atoms with van der Waals surface area (Å²) >= 11 is 5.94. The van der Waals surface area contributed by atoms with Crippen LogP contribution in [0.1, 0.15) is 29.8 Å². The minimum Gasteiger partial charge on any atom is -0.444 e. The zero-order valence-electron chi connectivity index (χ0n) is 15.2. The van der Waals surface area contributed by atoms with E-state index in [-0.39, 0.29) is 36.3 Å². The Bertz CT molecular complexity index is 752.